The average molecular weight is 410 g/mol. The number of benzene rings is 2. The number of nitrogens with zero attached hydrogens (tertiary/aromatic N) is 1. The van der Waals surface area contributed by atoms with Gasteiger partial charge in [0.25, 0.3) is 5.91 Å². The molecule has 0 spiro atoms. The maximum absolute atomic E-state index is 12.7. The van der Waals surface area contributed by atoms with Crippen molar-refractivity contribution in [1.82, 2.24) is 4.98 Å². The average Bonchev–Trinajstić information content (AvgIpc) is 3.13. The van der Waals surface area contributed by atoms with Gasteiger partial charge in [-0.25, -0.2) is 4.98 Å². The van der Waals surface area contributed by atoms with Crippen LogP contribution in [0.1, 0.15) is 28.5 Å². The summed E-state index contributed by atoms with van der Waals surface area (Å²) in [7, 11) is 1.51. The van der Waals surface area contributed by atoms with Crippen molar-refractivity contribution in [2.75, 3.05) is 23.1 Å². The molecule has 0 saturated carbocycles. The van der Waals surface area contributed by atoms with E-state index in [0.29, 0.717) is 22.3 Å². The normalized spacial score (nSPS) is 10.3. The molecular formula is C21H22N4O3S. The third kappa shape index (κ3) is 5.11. The van der Waals surface area contributed by atoms with Crippen LogP contribution in [0.5, 0.6) is 5.75 Å². The first-order valence-corrected chi connectivity index (χ1v) is 9.80. The van der Waals surface area contributed by atoms with Crippen molar-refractivity contribution in [3.63, 3.8) is 0 Å². The molecule has 3 N–H and O–H groups in total. The highest BCUT2D eigenvalue weighted by molar-refractivity contribution is 7.14. The number of methoxy groups -OCH3 is 1. The molecule has 8 heteroatoms. The Morgan fingerprint density at radius 3 is 2.52 bits per heavy atom. The minimum Gasteiger partial charge on any atom is -0.495 e. The minimum absolute atomic E-state index is 0.200. The van der Waals surface area contributed by atoms with E-state index in [-0.39, 0.29) is 17.5 Å². The Bertz CT molecular complexity index is 1060. The first-order valence-electron chi connectivity index (χ1n) is 8.92. The number of hydrogen-bond donors (Lipinski definition) is 3. The molecular weight excluding hydrogens is 388 g/mol. The molecule has 0 fully saturated rings. The first kappa shape index (κ1) is 20.3. The van der Waals surface area contributed by atoms with Gasteiger partial charge in [0.2, 0.25) is 5.91 Å². The maximum atomic E-state index is 12.7. The predicted molar refractivity (Wildman–Crippen MR) is 117 cm³/mol. The Morgan fingerprint density at radius 1 is 1.03 bits per heavy atom. The number of hydrogen-bond acceptors (Lipinski definition) is 6. The Labute approximate surface area is 173 Å². The number of carbonyl (C=O) groups excluding carboxylic acids is 2. The fourth-order valence-electron chi connectivity index (χ4n) is 2.78. The second-order valence-electron chi connectivity index (χ2n) is 6.53. The summed E-state index contributed by atoms with van der Waals surface area (Å²) in [4.78, 5) is 28.3. The zero-order chi connectivity index (χ0) is 21.0. The Morgan fingerprint density at radius 2 is 1.83 bits per heavy atom. The largest absolute Gasteiger partial charge is 0.495 e. The maximum Gasteiger partial charge on any atom is 0.275 e. The van der Waals surface area contributed by atoms with Crippen LogP contribution in [-0.4, -0.2) is 23.9 Å². The Balaban J connectivity index is 1.75. The Kier molecular flexibility index (Phi) is 6.13. The van der Waals surface area contributed by atoms with Crippen molar-refractivity contribution >= 4 is 45.3 Å². The highest BCUT2D eigenvalue weighted by Gasteiger charge is 2.15. The summed E-state index contributed by atoms with van der Waals surface area (Å²) in [5.74, 6) is -0.0847. The van der Waals surface area contributed by atoms with Crippen LogP contribution in [-0.2, 0) is 4.79 Å². The van der Waals surface area contributed by atoms with Gasteiger partial charge in [-0.3, -0.25) is 9.59 Å². The number of aryl methyl sites for hydroxylation is 2. The van der Waals surface area contributed by atoms with Crippen LogP contribution in [0.3, 0.4) is 0 Å². The number of thiazole rings is 1. The molecule has 0 aliphatic rings. The van der Waals surface area contributed by atoms with Crippen LogP contribution in [0.25, 0.3) is 0 Å². The van der Waals surface area contributed by atoms with Crippen LogP contribution in [0.4, 0.5) is 22.2 Å². The highest BCUT2D eigenvalue weighted by atomic mass is 32.1. The van der Waals surface area contributed by atoms with E-state index < -0.39 is 0 Å². The van der Waals surface area contributed by atoms with Crippen LogP contribution >= 0.6 is 11.3 Å². The Hall–Kier alpha value is -3.39. The third-order valence-electron chi connectivity index (χ3n) is 4.13. The molecule has 29 heavy (non-hydrogen) atoms. The van der Waals surface area contributed by atoms with Crippen molar-refractivity contribution in [2.24, 2.45) is 0 Å². The van der Waals surface area contributed by atoms with Gasteiger partial charge in [0, 0.05) is 23.7 Å². The van der Waals surface area contributed by atoms with E-state index in [2.05, 4.69) is 27.0 Å². The van der Waals surface area contributed by atoms with Gasteiger partial charge in [-0.05, 0) is 43.7 Å². The number of rotatable bonds is 6. The molecule has 0 aliphatic carbocycles. The molecule has 3 rings (SSSR count). The van der Waals surface area contributed by atoms with Crippen LogP contribution in [0.15, 0.2) is 41.8 Å². The molecule has 3 aromatic rings. The van der Waals surface area contributed by atoms with E-state index in [1.165, 1.54) is 30.9 Å². The van der Waals surface area contributed by atoms with Crippen LogP contribution in [0, 0.1) is 13.8 Å². The van der Waals surface area contributed by atoms with Gasteiger partial charge in [-0.1, -0.05) is 17.7 Å². The van der Waals surface area contributed by atoms with E-state index in [9.17, 15) is 9.59 Å². The lowest BCUT2D eigenvalue weighted by molar-refractivity contribution is -0.114. The summed E-state index contributed by atoms with van der Waals surface area (Å²) in [5, 5.41) is 11.0. The number of anilines is 4. The molecule has 0 saturated heterocycles. The summed E-state index contributed by atoms with van der Waals surface area (Å²) < 4.78 is 5.29. The van der Waals surface area contributed by atoms with Crippen molar-refractivity contribution in [1.29, 1.82) is 0 Å². The molecule has 0 aliphatic heterocycles. The fraction of sp³-hybridized carbons (Fsp3) is 0.190. The van der Waals surface area contributed by atoms with Gasteiger partial charge in [-0.15, -0.1) is 11.3 Å². The summed E-state index contributed by atoms with van der Waals surface area (Å²) in [5.41, 5.74) is 4.52. The third-order valence-corrected chi connectivity index (χ3v) is 4.89. The van der Waals surface area contributed by atoms with E-state index in [1.54, 1.807) is 23.6 Å². The van der Waals surface area contributed by atoms with Crippen molar-refractivity contribution in [3.8, 4) is 5.75 Å². The fourth-order valence-corrected chi connectivity index (χ4v) is 3.48. The predicted octanol–water partition coefficient (Wildman–Crippen LogP) is 4.72. The quantitative estimate of drug-likeness (QED) is 0.547. The second-order valence-corrected chi connectivity index (χ2v) is 7.39. The van der Waals surface area contributed by atoms with E-state index in [0.717, 1.165) is 11.3 Å². The molecule has 2 aromatic carbocycles. The van der Waals surface area contributed by atoms with E-state index >= 15 is 0 Å². The van der Waals surface area contributed by atoms with Gasteiger partial charge >= 0.3 is 0 Å². The monoisotopic (exact) mass is 410 g/mol. The van der Waals surface area contributed by atoms with Crippen molar-refractivity contribution in [3.05, 3.63) is 58.6 Å². The summed E-state index contributed by atoms with van der Waals surface area (Å²) in [6, 6.07) is 11.1. The zero-order valence-electron chi connectivity index (χ0n) is 16.6. The molecule has 2 amide bonds. The molecule has 1 aromatic heterocycles. The molecule has 150 valence electrons. The van der Waals surface area contributed by atoms with Gasteiger partial charge in [0.1, 0.15) is 11.4 Å². The van der Waals surface area contributed by atoms with Gasteiger partial charge in [0.15, 0.2) is 5.13 Å². The molecule has 0 atom stereocenters. The van der Waals surface area contributed by atoms with Gasteiger partial charge < -0.3 is 20.7 Å². The zero-order valence-corrected chi connectivity index (χ0v) is 17.4. The smallest absolute Gasteiger partial charge is 0.275 e. The highest BCUT2D eigenvalue weighted by Crippen LogP contribution is 2.29. The number of aromatic nitrogens is 1. The van der Waals surface area contributed by atoms with Crippen LogP contribution in [0.2, 0.25) is 0 Å². The van der Waals surface area contributed by atoms with Crippen molar-refractivity contribution < 1.29 is 14.3 Å². The summed E-state index contributed by atoms with van der Waals surface area (Å²) >= 11 is 1.35. The lowest BCUT2D eigenvalue weighted by atomic mass is 10.1. The second kappa shape index (κ2) is 8.74. The molecule has 7 nitrogen and oxygen atoms in total. The lowest BCUT2D eigenvalue weighted by Gasteiger charge is -2.11. The summed E-state index contributed by atoms with van der Waals surface area (Å²) in [6.07, 6.45) is 0. The molecule has 0 radical (unpaired) electrons. The van der Waals surface area contributed by atoms with Crippen LogP contribution < -0.4 is 20.7 Å². The molecule has 1 heterocycles. The number of amides is 2. The standard InChI is InChI=1S/C21H22N4O3S/c1-12-5-7-16(13(2)9-12)24-21-25-18(11-29-21)20(27)23-17-10-15(22-14(3)26)6-8-19(17)28-4/h5-11H,1-4H3,(H,22,26)(H,23,27)(H,24,25). The van der Waals surface area contributed by atoms with Gasteiger partial charge in [-0.2, -0.15) is 0 Å². The molecule has 0 bridgehead atoms. The topological polar surface area (TPSA) is 92.4 Å². The van der Waals surface area contributed by atoms with Gasteiger partial charge in [0.05, 0.1) is 12.8 Å². The van der Waals surface area contributed by atoms with E-state index in [4.69, 9.17) is 4.74 Å². The SMILES string of the molecule is COc1ccc(NC(C)=O)cc1NC(=O)c1csc(Nc2ccc(C)cc2C)n1. The number of nitrogens with one attached hydrogen (secondary N) is 3. The minimum atomic E-state index is -0.367. The lowest BCUT2D eigenvalue weighted by Crippen LogP contribution is -2.14. The van der Waals surface area contributed by atoms with E-state index in [1.807, 2.05) is 26.0 Å². The first-order chi connectivity index (χ1) is 13.9. The van der Waals surface area contributed by atoms with Crippen molar-refractivity contribution in [2.45, 2.75) is 20.8 Å². The molecule has 0 unspecified atom stereocenters. The number of ether oxygens (including phenoxy) is 1. The number of carbonyl (C=O) groups is 2. The summed E-state index contributed by atoms with van der Waals surface area (Å²) in [6.45, 7) is 5.48.